The lowest BCUT2D eigenvalue weighted by Gasteiger charge is -2.06. The van der Waals surface area contributed by atoms with Crippen LogP contribution in [0, 0.1) is 5.92 Å². The second-order valence-corrected chi connectivity index (χ2v) is 8.55. The highest BCUT2D eigenvalue weighted by Crippen LogP contribution is 2.14. The second-order valence-electron chi connectivity index (χ2n) is 8.55. The van der Waals surface area contributed by atoms with E-state index < -0.39 is 12.6 Å². The Bertz CT molecular complexity index is 392. The predicted molar refractivity (Wildman–Crippen MR) is 127 cm³/mol. The summed E-state index contributed by atoms with van der Waals surface area (Å²) in [7, 11) is 0. The fourth-order valence-corrected chi connectivity index (χ4v) is 3.19. The molecule has 0 saturated carbocycles. The molecule has 0 heterocycles. The van der Waals surface area contributed by atoms with Crippen molar-refractivity contribution in [1.82, 2.24) is 10.6 Å². The number of aliphatic hydroxyl groups is 2. The highest BCUT2D eigenvalue weighted by Gasteiger charge is 2.00. The van der Waals surface area contributed by atoms with Crippen LogP contribution in [-0.4, -0.2) is 60.0 Å². The van der Waals surface area contributed by atoms with Gasteiger partial charge in [0, 0.05) is 26.1 Å². The standard InChI is InChI=1S/C22H46N2O2.C2H4O3/c1-21(2)15-13-11-9-7-5-3-4-6-8-10-12-14-16-22(26)24-18-17-23-19-20-25;3-1-2(4)5/h21,23,25H,3-20H2,1-2H3,(H,24,26);3H,1H2,(H,4,5). The Morgan fingerprint density at radius 2 is 1.16 bits per heavy atom. The first-order valence-electron chi connectivity index (χ1n) is 12.3. The minimum absolute atomic E-state index is 0.145. The van der Waals surface area contributed by atoms with Gasteiger partial charge in [-0.2, -0.15) is 0 Å². The normalized spacial score (nSPS) is 10.6. The largest absolute Gasteiger partial charge is 0.480 e. The molecule has 0 bridgehead atoms. The minimum Gasteiger partial charge on any atom is -0.480 e. The van der Waals surface area contributed by atoms with Gasteiger partial charge in [-0.05, 0) is 12.3 Å². The fourth-order valence-electron chi connectivity index (χ4n) is 3.19. The molecule has 0 saturated heterocycles. The van der Waals surface area contributed by atoms with Crippen LogP contribution >= 0.6 is 0 Å². The van der Waals surface area contributed by atoms with Gasteiger partial charge in [-0.25, -0.2) is 4.79 Å². The van der Waals surface area contributed by atoms with E-state index in [0.29, 0.717) is 19.5 Å². The van der Waals surface area contributed by atoms with Crippen molar-refractivity contribution in [1.29, 1.82) is 0 Å². The van der Waals surface area contributed by atoms with Crippen molar-refractivity contribution < 1.29 is 24.9 Å². The Kier molecular flexibility index (Phi) is 27.7. The molecular weight excluding hydrogens is 396 g/mol. The Labute approximate surface area is 190 Å². The molecule has 0 atom stereocenters. The van der Waals surface area contributed by atoms with Crippen LogP contribution in [-0.2, 0) is 9.59 Å². The summed E-state index contributed by atoms with van der Waals surface area (Å²) >= 11 is 0. The topological polar surface area (TPSA) is 119 Å². The molecule has 0 aromatic heterocycles. The zero-order valence-electron chi connectivity index (χ0n) is 20.2. The van der Waals surface area contributed by atoms with E-state index >= 15 is 0 Å². The van der Waals surface area contributed by atoms with E-state index in [1.807, 2.05) is 0 Å². The van der Waals surface area contributed by atoms with Crippen molar-refractivity contribution in [3.8, 4) is 0 Å². The van der Waals surface area contributed by atoms with Gasteiger partial charge in [-0.15, -0.1) is 0 Å². The van der Waals surface area contributed by atoms with Gasteiger partial charge in [-0.3, -0.25) is 4.79 Å². The number of aliphatic hydroxyl groups excluding tert-OH is 2. The molecule has 0 aliphatic carbocycles. The maximum absolute atomic E-state index is 11.6. The van der Waals surface area contributed by atoms with Gasteiger partial charge < -0.3 is 26.0 Å². The summed E-state index contributed by atoms with van der Waals surface area (Å²) in [4.78, 5) is 20.7. The second kappa shape index (κ2) is 26.9. The van der Waals surface area contributed by atoms with E-state index in [2.05, 4.69) is 24.5 Å². The fraction of sp³-hybridized carbons (Fsp3) is 0.917. The molecule has 5 N–H and O–H groups in total. The van der Waals surface area contributed by atoms with Gasteiger partial charge >= 0.3 is 5.97 Å². The highest BCUT2D eigenvalue weighted by molar-refractivity contribution is 5.75. The number of hydrogen-bond donors (Lipinski definition) is 5. The number of carboxylic acids is 1. The number of carboxylic acid groups (broad SMARTS) is 1. The van der Waals surface area contributed by atoms with Crippen molar-refractivity contribution in [3.63, 3.8) is 0 Å². The maximum atomic E-state index is 11.6. The molecule has 186 valence electrons. The number of carbonyl (C=O) groups excluding carboxylic acids is 1. The van der Waals surface area contributed by atoms with Crippen molar-refractivity contribution >= 4 is 11.9 Å². The minimum atomic E-state index is -1.19. The first-order chi connectivity index (χ1) is 14.9. The quantitative estimate of drug-likeness (QED) is 0.171. The lowest BCUT2D eigenvalue weighted by molar-refractivity contribution is -0.140. The van der Waals surface area contributed by atoms with Gasteiger partial charge in [0.2, 0.25) is 5.91 Å². The molecular formula is C24H50N2O5. The molecule has 7 nitrogen and oxygen atoms in total. The van der Waals surface area contributed by atoms with Crippen molar-refractivity contribution in [2.24, 2.45) is 5.92 Å². The molecule has 31 heavy (non-hydrogen) atoms. The van der Waals surface area contributed by atoms with Crippen LogP contribution in [0.25, 0.3) is 0 Å². The number of rotatable bonds is 21. The molecule has 0 unspecified atom stereocenters. The summed E-state index contributed by atoms with van der Waals surface area (Å²) in [5.41, 5.74) is 0. The van der Waals surface area contributed by atoms with Crippen LogP contribution in [0.5, 0.6) is 0 Å². The van der Waals surface area contributed by atoms with E-state index in [4.69, 9.17) is 20.1 Å². The van der Waals surface area contributed by atoms with Crippen molar-refractivity contribution in [2.45, 2.75) is 104 Å². The Hall–Kier alpha value is -1.18. The summed E-state index contributed by atoms with van der Waals surface area (Å²) in [6.07, 6.45) is 18.0. The third-order valence-electron chi connectivity index (χ3n) is 4.98. The summed E-state index contributed by atoms with van der Waals surface area (Å²) in [6, 6.07) is 0. The first kappa shape index (κ1) is 32.0. The number of hydrogen-bond acceptors (Lipinski definition) is 5. The van der Waals surface area contributed by atoms with E-state index in [9.17, 15) is 4.79 Å². The number of amides is 1. The molecule has 7 heteroatoms. The predicted octanol–water partition coefficient (Wildman–Crippen LogP) is 3.87. The van der Waals surface area contributed by atoms with Gasteiger partial charge in [-0.1, -0.05) is 90.9 Å². The summed E-state index contributed by atoms with van der Waals surface area (Å²) < 4.78 is 0. The van der Waals surface area contributed by atoms with Gasteiger partial charge in [0.25, 0.3) is 0 Å². The molecule has 0 aromatic rings. The molecule has 0 fully saturated rings. The molecule has 0 aliphatic rings. The zero-order chi connectivity index (χ0) is 23.6. The lowest BCUT2D eigenvalue weighted by atomic mass is 10.0. The maximum Gasteiger partial charge on any atom is 0.329 e. The van der Waals surface area contributed by atoms with E-state index in [1.165, 1.54) is 77.0 Å². The Morgan fingerprint density at radius 3 is 1.58 bits per heavy atom. The first-order valence-corrected chi connectivity index (χ1v) is 12.3. The number of carbonyl (C=O) groups is 2. The summed E-state index contributed by atoms with van der Waals surface area (Å²) in [5.74, 6) is -0.168. The zero-order valence-corrected chi connectivity index (χ0v) is 20.2. The summed E-state index contributed by atoms with van der Waals surface area (Å²) in [6.45, 7) is 5.96. The molecule has 0 aromatic carbocycles. The van der Waals surface area contributed by atoms with Crippen molar-refractivity contribution in [2.75, 3.05) is 32.8 Å². The number of unbranched alkanes of at least 4 members (excludes halogenated alkanes) is 11. The smallest absolute Gasteiger partial charge is 0.329 e. The average Bonchev–Trinajstić information content (AvgIpc) is 2.74. The van der Waals surface area contributed by atoms with Crippen LogP contribution in [0.4, 0.5) is 0 Å². The van der Waals surface area contributed by atoms with Crippen LogP contribution in [0.15, 0.2) is 0 Å². The average molecular weight is 447 g/mol. The molecule has 1 amide bonds. The summed E-state index contributed by atoms with van der Waals surface area (Å²) in [5, 5.41) is 29.6. The monoisotopic (exact) mass is 446 g/mol. The van der Waals surface area contributed by atoms with Crippen molar-refractivity contribution in [3.05, 3.63) is 0 Å². The van der Waals surface area contributed by atoms with Gasteiger partial charge in [0.1, 0.15) is 6.61 Å². The third-order valence-corrected chi connectivity index (χ3v) is 4.98. The molecule has 0 radical (unpaired) electrons. The number of nitrogens with one attached hydrogen (secondary N) is 2. The van der Waals surface area contributed by atoms with E-state index in [0.717, 1.165) is 18.9 Å². The number of aliphatic carboxylic acids is 1. The lowest BCUT2D eigenvalue weighted by Crippen LogP contribution is -2.32. The third kappa shape index (κ3) is 33.7. The Balaban J connectivity index is 0. The van der Waals surface area contributed by atoms with Crippen LogP contribution in [0.2, 0.25) is 0 Å². The van der Waals surface area contributed by atoms with Crippen LogP contribution in [0.1, 0.15) is 104 Å². The van der Waals surface area contributed by atoms with E-state index in [-0.39, 0.29) is 12.5 Å². The van der Waals surface area contributed by atoms with Crippen LogP contribution in [0.3, 0.4) is 0 Å². The van der Waals surface area contributed by atoms with E-state index in [1.54, 1.807) is 0 Å². The van der Waals surface area contributed by atoms with Gasteiger partial charge in [0.15, 0.2) is 0 Å². The van der Waals surface area contributed by atoms with Crippen LogP contribution < -0.4 is 10.6 Å². The molecule has 0 aliphatic heterocycles. The molecule has 0 spiro atoms. The molecule has 0 rings (SSSR count). The highest BCUT2D eigenvalue weighted by atomic mass is 16.4. The Morgan fingerprint density at radius 1 is 0.710 bits per heavy atom. The van der Waals surface area contributed by atoms with Gasteiger partial charge in [0.05, 0.1) is 6.61 Å². The SMILES string of the molecule is CC(C)CCCCCCCCCCCCCCC(=O)NCCNCCO.O=C(O)CO.